The highest BCUT2D eigenvalue weighted by molar-refractivity contribution is 7.47. The minimum Gasteiger partial charge on any atom is -0.462 e. The Bertz CT molecular complexity index is 1200. The van der Waals surface area contributed by atoms with Crippen molar-refractivity contribution in [1.82, 2.24) is 0 Å². The second kappa shape index (κ2) is 34.7. The van der Waals surface area contributed by atoms with E-state index in [1.165, 1.54) is 64.2 Å². The molecule has 1 saturated carbocycles. The van der Waals surface area contributed by atoms with E-state index in [4.69, 9.17) is 19.1 Å². The van der Waals surface area contributed by atoms with Gasteiger partial charge in [-0.05, 0) is 31.6 Å². The van der Waals surface area contributed by atoms with Crippen LogP contribution in [0, 0.1) is 17.8 Å². The van der Waals surface area contributed by atoms with Crippen LogP contribution in [0.1, 0.15) is 181 Å². The highest BCUT2D eigenvalue weighted by Crippen LogP contribution is 2.43. The average molecular weight is 879 g/mol. The molecule has 1 unspecified atom stereocenters. The summed E-state index contributed by atoms with van der Waals surface area (Å²) in [6, 6.07) is 0. The molecule has 0 aromatic heterocycles. The van der Waals surface area contributed by atoms with Gasteiger partial charge in [0.25, 0.3) is 0 Å². The Kier molecular flexibility index (Phi) is 32.6. The molecule has 0 bridgehead atoms. The lowest BCUT2D eigenvalue weighted by atomic mass is 9.87. The number of Topliss-reactive ketones (excluding diaryl/α,β-unsaturated/α-hetero) is 1. The van der Waals surface area contributed by atoms with Gasteiger partial charge in [-0.25, -0.2) is 4.57 Å². The number of rotatable bonds is 39. The van der Waals surface area contributed by atoms with Gasteiger partial charge in [0.15, 0.2) is 6.10 Å². The second-order valence-electron chi connectivity index (χ2n) is 17.2. The van der Waals surface area contributed by atoms with Crippen LogP contribution in [-0.2, 0) is 37.5 Å². The quantitative estimate of drug-likeness (QED) is 0.0150. The monoisotopic (exact) mass is 879 g/mol. The molecule has 6 N–H and O–H groups in total. The van der Waals surface area contributed by atoms with Crippen molar-refractivity contribution in [3.8, 4) is 0 Å². The van der Waals surface area contributed by atoms with Crippen molar-refractivity contribution < 1.29 is 67.9 Å². The number of phosphoric ester groups is 1. The molecule has 0 aromatic rings. The van der Waals surface area contributed by atoms with Gasteiger partial charge >= 0.3 is 19.8 Å². The molecule has 60 heavy (non-hydrogen) atoms. The molecule has 0 radical (unpaired) electrons. The van der Waals surface area contributed by atoms with Crippen LogP contribution >= 0.6 is 7.82 Å². The van der Waals surface area contributed by atoms with Gasteiger partial charge in [0, 0.05) is 43.9 Å². The lowest BCUT2D eigenvalue weighted by Gasteiger charge is -2.21. The molecule has 352 valence electrons. The van der Waals surface area contributed by atoms with Gasteiger partial charge in [-0.3, -0.25) is 23.4 Å². The van der Waals surface area contributed by atoms with E-state index >= 15 is 0 Å². The number of hydrogen-bond acceptors (Lipinski definition) is 13. The van der Waals surface area contributed by atoms with Crippen LogP contribution in [0.3, 0.4) is 0 Å². The van der Waals surface area contributed by atoms with E-state index in [2.05, 4.69) is 25.3 Å². The number of aliphatic hydroxyl groups excluding tert-OH is 5. The molecule has 0 amide bonds. The fourth-order valence-corrected chi connectivity index (χ4v) is 8.20. The SMILES string of the molecule is CCCCC[C@H](O)/C=C/[C@@H]1[C@@H](CC(=O)CCCCC(=O)O[C@H](COC(=O)CCCCCCCCCCCCCCCC(C)C)COP(=O)(O)OC[C@@H](O)CO)[C@@H](O)C[C@H]1O. The fourth-order valence-electron chi connectivity index (χ4n) is 7.41. The maximum Gasteiger partial charge on any atom is 0.472 e. The minimum absolute atomic E-state index is 0.0476. The Morgan fingerprint density at radius 1 is 0.700 bits per heavy atom. The summed E-state index contributed by atoms with van der Waals surface area (Å²) in [5, 5.41) is 49.7. The number of aliphatic hydroxyl groups is 5. The van der Waals surface area contributed by atoms with Crippen molar-refractivity contribution >= 4 is 25.5 Å². The summed E-state index contributed by atoms with van der Waals surface area (Å²) in [4.78, 5) is 48.1. The number of unbranched alkanes of at least 4 members (excludes halogenated alkanes) is 15. The zero-order chi connectivity index (χ0) is 44.6. The number of ketones is 1. The average Bonchev–Trinajstić information content (AvgIpc) is 3.47. The number of esters is 2. The topological polar surface area (TPSA) is 227 Å². The van der Waals surface area contributed by atoms with E-state index in [1.54, 1.807) is 12.2 Å². The van der Waals surface area contributed by atoms with E-state index < -0.39 is 88.5 Å². The second-order valence-corrected chi connectivity index (χ2v) is 18.7. The summed E-state index contributed by atoms with van der Waals surface area (Å²) in [5.41, 5.74) is 0. The van der Waals surface area contributed by atoms with Crippen LogP contribution in [0.25, 0.3) is 0 Å². The molecule has 1 fully saturated rings. The first-order chi connectivity index (χ1) is 28.7. The Morgan fingerprint density at radius 2 is 1.23 bits per heavy atom. The molecule has 0 heterocycles. The Balaban J connectivity index is 2.46. The Hall–Kier alpha value is -1.74. The zero-order valence-corrected chi connectivity index (χ0v) is 38.1. The van der Waals surface area contributed by atoms with Crippen LogP contribution in [-0.4, -0.2) is 105 Å². The number of hydrogen-bond donors (Lipinski definition) is 6. The van der Waals surface area contributed by atoms with Gasteiger partial charge in [-0.15, -0.1) is 0 Å². The third kappa shape index (κ3) is 29.5. The first-order valence-electron chi connectivity index (χ1n) is 23.2. The largest absolute Gasteiger partial charge is 0.472 e. The van der Waals surface area contributed by atoms with Crippen LogP contribution in [0.5, 0.6) is 0 Å². The predicted octanol–water partition coefficient (Wildman–Crippen LogP) is 7.81. The molecule has 0 saturated heterocycles. The molecular formula is C45H83O14P. The first kappa shape index (κ1) is 56.3. The first-order valence-corrected chi connectivity index (χ1v) is 24.7. The summed E-state index contributed by atoms with van der Waals surface area (Å²) in [5.74, 6) is -1.48. The van der Waals surface area contributed by atoms with Gasteiger partial charge in [0.05, 0.1) is 38.1 Å². The maximum absolute atomic E-state index is 12.9. The number of carbonyl (C=O) groups is 3. The van der Waals surface area contributed by atoms with Crippen LogP contribution in [0.4, 0.5) is 0 Å². The van der Waals surface area contributed by atoms with E-state index in [1.807, 2.05) is 0 Å². The predicted molar refractivity (Wildman–Crippen MR) is 231 cm³/mol. The molecule has 15 heteroatoms. The summed E-state index contributed by atoms with van der Waals surface area (Å²) in [7, 11) is -4.72. The molecule has 0 aromatic carbocycles. The third-order valence-corrected chi connectivity index (χ3v) is 12.0. The van der Waals surface area contributed by atoms with Crippen LogP contribution in [0.2, 0.25) is 0 Å². The maximum atomic E-state index is 12.9. The van der Waals surface area contributed by atoms with Crippen molar-refractivity contribution in [3.05, 3.63) is 12.2 Å². The lowest BCUT2D eigenvalue weighted by Crippen LogP contribution is -2.30. The fraction of sp³-hybridized carbons (Fsp3) is 0.889. The molecule has 1 rings (SSSR count). The molecule has 8 atom stereocenters. The van der Waals surface area contributed by atoms with Crippen molar-refractivity contribution in [2.75, 3.05) is 26.4 Å². The molecule has 14 nitrogen and oxygen atoms in total. The van der Waals surface area contributed by atoms with E-state index in [0.29, 0.717) is 19.3 Å². The third-order valence-electron chi connectivity index (χ3n) is 11.1. The van der Waals surface area contributed by atoms with Gasteiger partial charge in [0.2, 0.25) is 0 Å². The summed E-state index contributed by atoms with van der Waals surface area (Å²) < 4.78 is 32.7. The molecule has 0 aliphatic heterocycles. The van der Waals surface area contributed by atoms with Gasteiger partial charge in [0.1, 0.15) is 18.5 Å². The summed E-state index contributed by atoms with van der Waals surface area (Å²) >= 11 is 0. The Labute approximate surface area is 360 Å². The number of carbonyl (C=O) groups excluding carboxylic acids is 3. The standard InChI is InChI=1S/C45H83O14P/c1-4-5-17-23-36(47)27-28-40-41(43(51)30-42(40)50)29-37(48)24-20-21-26-45(53)59-39(34-58-60(54,55)57-32-38(49)31-46)33-56-44(52)25-19-16-14-12-10-8-6-7-9-11-13-15-18-22-35(2)3/h27-28,35-36,38-43,46-47,49-51H,4-26,29-34H2,1-3H3,(H,54,55)/b28-27+/t36-,38-,39+,40+,41+,42+,43-/m0/s1. The van der Waals surface area contributed by atoms with Gasteiger partial charge in [-0.2, -0.15) is 0 Å². The van der Waals surface area contributed by atoms with Crippen LogP contribution < -0.4 is 0 Å². The minimum atomic E-state index is -4.72. The van der Waals surface area contributed by atoms with Crippen molar-refractivity contribution in [2.45, 2.75) is 212 Å². The molecule has 0 spiro atoms. The molecule has 1 aliphatic rings. The van der Waals surface area contributed by atoms with Crippen LogP contribution in [0.15, 0.2) is 12.2 Å². The Morgan fingerprint density at radius 3 is 1.83 bits per heavy atom. The van der Waals surface area contributed by atoms with Gasteiger partial charge < -0.3 is 39.9 Å². The van der Waals surface area contributed by atoms with Gasteiger partial charge in [-0.1, -0.05) is 136 Å². The smallest absolute Gasteiger partial charge is 0.462 e. The van der Waals surface area contributed by atoms with Crippen molar-refractivity contribution in [3.63, 3.8) is 0 Å². The van der Waals surface area contributed by atoms with E-state index in [9.17, 15) is 44.3 Å². The summed E-state index contributed by atoms with van der Waals surface area (Å²) in [6.45, 7) is 4.17. The van der Waals surface area contributed by atoms with E-state index in [0.717, 1.165) is 44.4 Å². The molecular weight excluding hydrogens is 795 g/mol. The number of phosphoric acid groups is 1. The normalized spacial score (nSPS) is 20.6. The van der Waals surface area contributed by atoms with Crippen molar-refractivity contribution in [1.29, 1.82) is 0 Å². The van der Waals surface area contributed by atoms with Crippen molar-refractivity contribution in [2.24, 2.45) is 17.8 Å². The van der Waals surface area contributed by atoms with E-state index in [-0.39, 0.29) is 44.3 Å². The number of ether oxygens (including phenoxy) is 2. The summed E-state index contributed by atoms with van der Waals surface area (Å²) in [6.07, 6.45) is 19.5. The zero-order valence-electron chi connectivity index (χ0n) is 37.2. The molecule has 1 aliphatic carbocycles. The highest BCUT2D eigenvalue weighted by atomic mass is 31.2. The highest BCUT2D eigenvalue weighted by Gasteiger charge is 2.41. The lowest BCUT2D eigenvalue weighted by molar-refractivity contribution is -0.161.